The quantitative estimate of drug-likeness (QED) is 0.868. The van der Waals surface area contributed by atoms with E-state index in [0.29, 0.717) is 42.7 Å². The Bertz CT molecular complexity index is 782. The summed E-state index contributed by atoms with van der Waals surface area (Å²) in [6, 6.07) is 9.04. The van der Waals surface area contributed by atoms with Crippen LogP contribution in [0.25, 0.3) is 0 Å². The van der Waals surface area contributed by atoms with Crippen LogP contribution in [0, 0.1) is 5.92 Å². The van der Waals surface area contributed by atoms with E-state index in [2.05, 4.69) is 10.4 Å². The maximum absolute atomic E-state index is 12.3. The number of piperidine rings is 1. The molecule has 1 saturated heterocycles. The van der Waals surface area contributed by atoms with Gasteiger partial charge in [-0.3, -0.25) is 9.48 Å². The minimum atomic E-state index is -0.330. The molecule has 144 valence electrons. The maximum atomic E-state index is 12.3. The first-order chi connectivity index (χ1) is 13.1. The van der Waals surface area contributed by atoms with Gasteiger partial charge in [0.15, 0.2) is 0 Å². The number of nitrogens with one attached hydrogen (secondary N) is 1. The van der Waals surface area contributed by atoms with E-state index < -0.39 is 0 Å². The number of rotatable bonds is 5. The Labute approximate surface area is 158 Å². The van der Waals surface area contributed by atoms with Gasteiger partial charge in [-0.15, -0.1) is 5.10 Å². The van der Waals surface area contributed by atoms with Crippen molar-refractivity contribution in [3.63, 3.8) is 0 Å². The van der Waals surface area contributed by atoms with E-state index >= 15 is 0 Å². The summed E-state index contributed by atoms with van der Waals surface area (Å²) in [6.45, 7) is 1.78. The molecule has 0 saturated carbocycles. The normalized spacial score (nSPS) is 14.7. The summed E-state index contributed by atoms with van der Waals surface area (Å²) in [6.07, 6.45) is 2.93. The van der Waals surface area contributed by atoms with Gasteiger partial charge in [0.25, 0.3) is 5.91 Å². The lowest BCUT2D eigenvalue weighted by Gasteiger charge is -2.31. The highest BCUT2D eigenvalue weighted by Crippen LogP contribution is 2.19. The number of likely N-dealkylation sites (tertiary alicyclic amines) is 1. The first kappa shape index (κ1) is 18.8. The van der Waals surface area contributed by atoms with Gasteiger partial charge in [-0.1, -0.05) is 18.2 Å². The van der Waals surface area contributed by atoms with Crippen molar-refractivity contribution in [2.24, 2.45) is 13.0 Å². The Kier molecular flexibility index (Phi) is 5.95. The number of hydrogen-bond donors (Lipinski definition) is 1. The Hall–Kier alpha value is -3.03. The fourth-order valence-corrected chi connectivity index (χ4v) is 3.08. The molecule has 8 heteroatoms. The monoisotopic (exact) mass is 372 g/mol. The Morgan fingerprint density at radius 3 is 2.59 bits per heavy atom. The second-order valence-electron chi connectivity index (χ2n) is 6.55. The number of amides is 2. The molecule has 0 aliphatic carbocycles. The van der Waals surface area contributed by atoms with Crippen molar-refractivity contribution in [3.8, 4) is 11.6 Å². The van der Waals surface area contributed by atoms with Gasteiger partial charge < -0.3 is 19.7 Å². The molecule has 2 aromatic rings. The van der Waals surface area contributed by atoms with Crippen LogP contribution in [-0.4, -0.2) is 53.4 Å². The highest BCUT2D eigenvalue weighted by atomic mass is 16.6. The largest absolute Gasteiger partial charge is 0.479 e. The third kappa shape index (κ3) is 4.78. The molecular formula is C19H24N4O4. The Morgan fingerprint density at radius 1 is 1.22 bits per heavy atom. The zero-order valence-corrected chi connectivity index (χ0v) is 15.6. The zero-order chi connectivity index (χ0) is 19.2. The number of aromatic nitrogens is 2. The minimum Gasteiger partial charge on any atom is -0.479 e. The minimum absolute atomic E-state index is 0.203. The highest BCUT2D eigenvalue weighted by Gasteiger charge is 2.25. The van der Waals surface area contributed by atoms with Crippen molar-refractivity contribution in [1.29, 1.82) is 0 Å². The van der Waals surface area contributed by atoms with Crippen molar-refractivity contribution in [2.75, 3.05) is 26.7 Å². The van der Waals surface area contributed by atoms with E-state index in [1.807, 2.05) is 18.2 Å². The molecule has 0 atom stereocenters. The molecule has 1 aromatic heterocycles. The SMILES string of the molecule is COc1nn(C)cc1C(=O)NCC1CCN(C(=O)Oc2ccccc2)CC1. The van der Waals surface area contributed by atoms with Crippen molar-refractivity contribution in [1.82, 2.24) is 20.0 Å². The fraction of sp³-hybridized carbons (Fsp3) is 0.421. The third-order valence-electron chi connectivity index (χ3n) is 4.61. The molecule has 3 rings (SSSR count). The molecule has 0 bridgehead atoms. The number of hydrogen-bond acceptors (Lipinski definition) is 5. The van der Waals surface area contributed by atoms with Crippen LogP contribution in [-0.2, 0) is 7.05 Å². The first-order valence-corrected chi connectivity index (χ1v) is 8.94. The summed E-state index contributed by atoms with van der Waals surface area (Å²) in [4.78, 5) is 26.2. The summed E-state index contributed by atoms with van der Waals surface area (Å²) in [5, 5.41) is 7.02. The van der Waals surface area contributed by atoms with Crippen LogP contribution in [0.3, 0.4) is 0 Å². The average Bonchev–Trinajstić information content (AvgIpc) is 3.08. The van der Waals surface area contributed by atoms with Gasteiger partial charge in [0.2, 0.25) is 5.88 Å². The predicted molar refractivity (Wildman–Crippen MR) is 98.9 cm³/mol. The van der Waals surface area contributed by atoms with Crippen molar-refractivity contribution < 1.29 is 19.1 Å². The number of ether oxygens (including phenoxy) is 2. The molecule has 8 nitrogen and oxygen atoms in total. The predicted octanol–water partition coefficient (Wildman–Crippen LogP) is 2.07. The zero-order valence-electron chi connectivity index (χ0n) is 15.6. The van der Waals surface area contributed by atoms with Crippen molar-refractivity contribution >= 4 is 12.0 Å². The topological polar surface area (TPSA) is 85.7 Å². The summed E-state index contributed by atoms with van der Waals surface area (Å²) < 4.78 is 12.0. The number of carbonyl (C=O) groups is 2. The molecule has 1 fully saturated rings. The van der Waals surface area contributed by atoms with Gasteiger partial charge >= 0.3 is 6.09 Å². The summed E-state index contributed by atoms with van der Waals surface area (Å²) in [7, 11) is 3.23. The fourth-order valence-electron chi connectivity index (χ4n) is 3.08. The van der Waals surface area contributed by atoms with Crippen LogP contribution in [0.2, 0.25) is 0 Å². The van der Waals surface area contributed by atoms with E-state index in [1.54, 1.807) is 35.0 Å². The van der Waals surface area contributed by atoms with Gasteiger partial charge in [0.1, 0.15) is 11.3 Å². The lowest BCUT2D eigenvalue weighted by Crippen LogP contribution is -2.42. The van der Waals surface area contributed by atoms with E-state index in [-0.39, 0.29) is 12.0 Å². The molecule has 2 amide bonds. The number of aryl methyl sites for hydroxylation is 1. The van der Waals surface area contributed by atoms with Crippen LogP contribution in [0.15, 0.2) is 36.5 Å². The summed E-state index contributed by atoms with van der Waals surface area (Å²) >= 11 is 0. The van der Waals surface area contributed by atoms with Crippen molar-refractivity contribution in [3.05, 3.63) is 42.1 Å². The lowest BCUT2D eigenvalue weighted by atomic mass is 9.97. The third-order valence-corrected chi connectivity index (χ3v) is 4.61. The number of carbonyl (C=O) groups excluding carboxylic acids is 2. The molecule has 1 aliphatic heterocycles. The van der Waals surface area contributed by atoms with Crippen LogP contribution in [0.5, 0.6) is 11.6 Å². The summed E-state index contributed by atoms with van der Waals surface area (Å²) in [5.74, 6) is 0.971. The van der Waals surface area contributed by atoms with E-state index in [0.717, 1.165) is 12.8 Å². The second-order valence-corrected chi connectivity index (χ2v) is 6.55. The maximum Gasteiger partial charge on any atom is 0.415 e. The molecule has 2 heterocycles. The molecule has 0 unspecified atom stereocenters. The van der Waals surface area contributed by atoms with E-state index in [9.17, 15) is 9.59 Å². The first-order valence-electron chi connectivity index (χ1n) is 8.94. The molecule has 0 spiro atoms. The molecular weight excluding hydrogens is 348 g/mol. The molecule has 1 aromatic carbocycles. The van der Waals surface area contributed by atoms with Gasteiger partial charge in [0, 0.05) is 32.9 Å². The van der Waals surface area contributed by atoms with Gasteiger partial charge in [-0.25, -0.2) is 4.79 Å². The molecule has 1 N–H and O–H groups in total. The van der Waals surface area contributed by atoms with E-state index in [4.69, 9.17) is 9.47 Å². The van der Waals surface area contributed by atoms with Crippen molar-refractivity contribution in [2.45, 2.75) is 12.8 Å². The standard InChI is InChI=1S/C19H24N4O4/c1-22-13-16(18(21-22)26-2)17(24)20-12-14-8-10-23(11-9-14)19(25)27-15-6-4-3-5-7-15/h3-7,13-14H,8-12H2,1-2H3,(H,20,24). The number of benzene rings is 1. The van der Waals surface area contributed by atoms with Crippen LogP contribution < -0.4 is 14.8 Å². The Balaban J connectivity index is 1.44. The summed E-state index contributed by atoms with van der Waals surface area (Å²) in [5.41, 5.74) is 0.420. The van der Waals surface area contributed by atoms with E-state index in [1.165, 1.54) is 7.11 Å². The lowest BCUT2D eigenvalue weighted by molar-refractivity contribution is 0.0928. The Morgan fingerprint density at radius 2 is 1.93 bits per heavy atom. The van der Waals surface area contributed by atoms with Crippen LogP contribution in [0.1, 0.15) is 23.2 Å². The molecule has 1 aliphatic rings. The smallest absolute Gasteiger partial charge is 0.415 e. The highest BCUT2D eigenvalue weighted by molar-refractivity contribution is 5.96. The molecule has 0 radical (unpaired) electrons. The van der Waals surface area contributed by atoms with Crippen LogP contribution >= 0.6 is 0 Å². The number of nitrogens with zero attached hydrogens (tertiary/aromatic N) is 3. The molecule has 27 heavy (non-hydrogen) atoms. The second kappa shape index (κ2) is 8.57. The average molecular weight is 372 g/mol. The number of methoxy groups -OCH3 is 1. The van der Waals surface area contributed by atoms with Gasteiger partial charge in [-0.05, 0) is 30.9 Å². The van der Waals surface area contributed by atoms with Gasteiger partial charge in [0.05, 0.1) is 7.11 Å². The van der Waals surface area contributed by atoms with Crippen LogP contribution in [0.4, 0.5) is 4.79 Å². The number of para-hydroxylation sites is 1. The van der Waals surface area contributed by atoms with Gasteiger partial charge in [-0.2, -0.15) is 0 Å².